The number of ether oxygens (including phenoxy) is 2. The van der Waals surface area contributed by atoms with Gasteiger partial charge in [-0.05, 0) is 24.1 Å². The molecule has 8 nitrogen and oxygen atoms in total. The van der Waals surface area contributed by atoms with Gasteiger partial charge >= 0.3 is 5.97 Å². The third-order valence-electron chi connectivity index (χ3n) is 3.37. The highest BCUT2D eigenvalue weighted by atomic mass is 32.2. The highest BCUT2D eigenvalue weighted by molar-refractivity contribution is 7.90. The average Bonchev–Trinajstić information content (AvgIpc) is 2.52. The predicted molar refractivity (Wildman–Crippen MR) is 91.5 cm³/mol. The van der Waals surface area contributed by atoms with E-state index >= 15 is 0 Å². The van der Waals surface area contributed by atoms with E-state index in [1.54, 1.807) is 18.2 Å². The summed E-state index contributed by atoms with van der Waals surface area (Å²) in [7, 11) is -0.186. The van der Waals surface area contributed by atoms with Crippen LogP contribution in [0.2, 0.25) is 0 Å². The van der Waals surface area contributed by atoms with Gasteiger partial charge in [-0.25, -0.2) is 8.42 Å². The van der Waals surface area contributed by atoms with Crippen molar-refractivity contribution in [1.82, 2.24) is 4.90 Å². The van der Waals surface area contributed by atoms with Gasteiger partial charge in [0.05, 0.1) is 20.0 Å². The molecule has 0 unspecified atom stereocenters. The lowest BCUT2D eigenvalue weighted by molar-refractivity contribution is -0.144. The number of methoxy groups -OCH3 is 2. The first kappa shape index (κ1) is 20.8. The first-order valence-electron chi connectivity index (χ1n) is 7.54. The fourth-order valence-electron chi connectivity index (χ4n) is 2.22. The van der Waals surface area contributed by atoms with Crippen molar-refractivity contribution < 1.29 is 32.6 Å². The van der Waals surface area contributed by atoms with Crippen LogP contribution in [0.1, 0.15) is 18.4 Å². The Kier molecular flexibility index (Phi) is 7.69. The van der Waals surface area contributed by atoms with Crippen LogP contribution in [-0.2, 0) is 26.0 Å². The zero-order valence-corrected chi connectivity index (χ0v) is 15.3. The molecule has 25 heavy (non-hydrogen) atoms. The summed E-state index contributed by atoms with van der Waals surface area (Å²) >= 11 is 0. The highest BCUT2D eigenvalue weighted by Crippen LogP contribution is 2.23. The molecule has 0 saturated carbocycles. The van der Waals surface area contributed by atoms with Gasteiger partial charge in [0.15, 0.2) is 0 Å². The zero-order valence-electron chi connectivity index (χ0n) is 14.5. The normalized spacial score (nSPS) is 11.0. The third-order valence-corrected chi connectivity index (χ3v) is 4.40. The summed E-state index contributed by atoms with van der Waals surface area (Å²) in [5.74, 6) is -0.644. The Bertz CT molecular complexity index is 693. The van der Waals surface area contributed by atoms with Gasteiger partial charge in [0.1, 0.15) is 27.9 Å². The number of hydrogen-bond donors (Lipinski definition) is 1. The summed E-state index contributed by atoms with van der Waals surface area (Å²) in [4.78, 5) is 24.5. The van der Waals surface area contributed by atoms with E-state index in [1.165, 1.54) is 19.1 Å². The van der Waals surface area contributed by atoms with E-state index in [1.807, 2.05) is 0 Å². The summed E-state index contributed by atoms with van der Waals surface area (Å²) in [5.41, 5.74) is 0.647. The second kappa shape index (κ2) is 9.26. The van der Waals surface area contributed by atoms with Crippen LogP contribution in [0, 0.1) is 0 Å². The minimum atomic E-state index is -3.17. The molecule has 9 heteroatoms. The van der Waals surface area contributed by atoms with Gasteiger partial charge in [0, 0.05) is 25.3 Å². The molecular weight excluding hydrogens is 350 g/mol. The molecule has 0 aliphatic rings. The Hall–Kier alpha value is -2.29. The van der Waals surface area contributed by atoms with E-state index in [9.17, 15) is 18.0 Å². The molecule has 0 radical (unpaired) electrons. The first-order valence-corrected chi connectivity index (χ1v) is 9.60. The van der Waals surface area contributed by atoms with Gasteiger partial charge in [-0.1, -0.05) is 0 Å². The van der Waals surface area contributed by atoms with Crippen molar-refractivity contribution in [3.05, 3.63) is 23.8 Å². The summed E-state index contributed by atoms with van der Waals surface area (Å²) in [5, 5.41) is 9.03. The zero-order chi connectivity index (χ0) is 19.0. The quantitative estimate of drug-likeness (QED) is 0.650. The first-order chi connectivity index (χ1) is 11.6. The Labute approximate surface area is 147 Å². The average molecular weight is 373 g/mol. The number of sulfone groups is 1. The lowest BCUT2D eigenvalue weighted by atomic mass is 10.1. The van der Waals surface area contributed by atoms with Crippen molar-refractivity contribution in [3.8, 4) is 11.5 Å². The van der Waals surface area contributed by atoms with E-state index in [0.29, 0.717) is 17.1 Å². The maximum absolute atomic E-state index is 12.3. The van der Waals surface area contributed by atoms with Gasteiger partial charge < -0.3 is 19.5 Å². The van der Waals surface area contributed by atoms with Crippen LogP contribution in [0.3, 0.4) is 0 Å². The molecule has 0 atom stereocenters. The maximum Gasteiger partial charge on any atom is 0.323 e. The molecule has 1 amide bonds. The van der Waals surface area contributed by atoms with Crippen LogP contribution in [0.15, 0.2) is 18.2 Å². The minimum Gasteiger partial charge on any atom is -0.497 e. The van der Waals surface area contributed by atoms with E-state index in [0.717, 1.165) is 6.26 Å². The lowest BCUT2D eigenvalue weighted by Crippen LogP contribution is -2.35. The monoisotopic (exact) mass is 373 g/mol. The van der Waals surface area contributed by atoms with E-state index in [-0.39, 0.29) is 25.1 Å². The SMILES string of the molecule is COc1cc(CN(CC(=O)O)C(=O)CCCS(C)(=O)=O)cc(OC)c1. The molecule has 140 valence electrons. The van der Waals surface area contributed by atoms with Crippen LogP contribution >= 0.6 is 0 Å². The predicted octanol–water partition coefficient (Wildman–Crippen LogP) is 0.942. The summed E-state index contributed by atoms with van der Waals surface area (Å²) in [6.07, 6.45) is 1.20. The van der Waals surface area contributed by atoms with E-state index in [2.05, 4.69) is 0 Å². The van der Waals surface area contributed by atoms with Gasteiger partial charge in [0.25, 0.3) is 0 Å². The van der Waals surface area contributed by atoms with Crippen molar-refractivity contribution in [3.63, 3.8) is 0 Å². The molecule has 1 N–H and O–H groups in total. The molecule has 0 aliphatic carbocycles. The smallest absolute Gasteiger partial charge is 0.323 e. The Morgan fingerprint density at radius 3 is 2.12 bits per heavy atom. The maximum atomic E-state index is 12.3. The van der Waals surface area contributed by atoms with Crippen molar-refractivity contribution in [1.29, 1.82) is 0 Å². The number of carbonyl (C=O) groups is 2. The largest absolute Gasteiger partial charge is 0.497 e. The van der Waals surface area contributed by atoms with Crippen LogP contribution in [0.4, 0.5) is 0 Å². The number of carboxylic acid groups (broad SMARTS) is 1. The summed E-state index contributed by atoms with van der Waals surface area (Å²) in [6.45, 7) is -0.422. The van der Waals surface area contributed by atoms with Gasteiger partial charge in [-0.15, -0.1) is 0 Å². The molecule has 0 bridgehead atoms. The van der Waals surface area contributed by atoms with Crippen LogP contribution in [0.5, 0.6) is 11.5 Å². The van der Waals surface area contributed by atoms with Crippen LogP contribution in [0.25, 0.3) is 0 Å². The topological polar surface area (TPSA) is 110 Å². The third kappa shape index (κ3) is 7.88. The van der Waals surface area contributed by atoms with Gasteiger partial charge in [0.2, 0.25) is 5.91 Å². The van der Waals surface area contributed by atoms with Crippen molar-refractivity contribution in [2.24, 2.45) is 0 Å². The van der Waals surface area contributed by atoms with Crippen molar-refractivity contribution in [2.45, 2.75) is 19.4 Å². The second-order valence-corrected chi connectivity index (χ2v) is 7.86. The standard InChI is InChI=1S/C16H23NO7S/c1-23-13-7-12(8-14(9-13)24-2)10-17(11-16(19)20)15(18)5-4-6-25(3,21)22/h7-9H,4-6,10-11H2,1-3H3,(H,19,20). The Balaban J connectivity index is 2.88. The van der Waals surface area contributed by atoms with Crippen LogP contribution in [-0.4, -0.2) is 63.1 Å². The molecule has 1 aromatic carbocycles. The molecule has 1 aromatic rings. The molecular formula is C16H23NO7S. The molecule has 0 spiro atoms. The molecule has 0 aliphatic heterocycles. The van der Waals surface area contributed by atoms with Crippen molar-refractivity contribution in [2.75, 3.05) is 32.8 Å². The molecule has 0 saturated heterocycles. The fraction of sp³-hybridized carbons (Fsp3) is 0.500. The number of nitrogens with zero attached hydrogens (tertiary/aromatic N) is 1. The van der Waals surface area contributed by atoms with Crippen LogP contribution < -0.4 is 9.47 Å². The van der Waals surface area contributed by atoms with E-state index in [4.69, 9.17) is 14.6 Å². The minimum absolute atomic E-state index is 0.0402. The lowest BCUT2D eigenvalue weighted by Gasteiger charge is -2.21. The number of carboxylic acids is 1. The number of rotatable bonds is 10. The molecule has 0 fully saturated rings. The number of aliphatic carboxylic acids is 1. The summed E-state index contributed by atoms with van der Waals surface area (Å²) in [6, 6.07) is 5.03. The second-order valence-electron chi connectivity index (χ2n) is 5.60. The fourth-order valence-corrected chi connectivity index (χ4v) is 2.89. The molecule has 1 rings (SSSR count). The number of benzene rings is 1. The number of hydrogen-bond acceptors (Lipinski definition) is 6. The number of amides is 1. The van der Waals surface area contributed by atoms with Crippen molar-refractivity contribution >= 4 is 21.7 Å². The van der Waals surface area contributed by atoms with E-state index < -0.39 is 28.3 Å². The highest BCUT2D eigenvalue weighted by Gasteiger charge is 2.18. The summed E-state index contributed by atoms with van der Waals surface area (Å²) < 4.78 is 32.6. The van der Waals surface area contributed by atoms with Gasteiger partial charge in [-0.3, -0.25) is 9.59 Å². The Morgan fingerprint density at radius 1 is 1.12 bits per heavy atom. The number of carbonyl (C=O) groups excluding carboxylic acids is 1. The van der Waals surface area contributed by atoms with Gasteiger partial charge in [-0.2, -0.15) is 0 Å². The molecule has 0 heterocycles. The molecule has 0 aromatic heterocycles. The Morgan fingerprint density at radius 2 is 1.68 bits per heavy atom.